The van der Waals surface area contributed by atoms with Gasteiger partial charge < -0.3 is 18.6 Å². The Morgan fingerprint density at radius 2 is 1.87 bits per heavy atom. The lowest BCUT2D eigenvalue weighted by molar-refractivity contribution is -0.0672. The molecule has 1 aromatic rings. The van der Waals surface area contributed by atoms with Crippen LogP contribution in [0.5, 0.6) is 0 Å². The molecular weight excluding hydrogens is 427 g/mol. The van der Waals surface area contributed by atoms with E-state index in [-0.39, 0.29) is 18.1 Å². The average molecular weight is 461 g/mol. The average Bonchev–Trinajstić information content (AvgIpc) is 2.96. The van der Waals surface area contributed by atoms with Crippen molar-refractivity contribution >= 4 is 14.5 Å². The van der Waals surface area contributed by atoms with Gasteiger partial charge in [0, 0.05) is 6.42 Å². The van der Waals surface area contributed by atoms with Crippen LogP contribution in [0.4, 0.5) is 9.18 Å². The zero-order chi connectivity index (χ0) is 23.8. The number of aromatic amines is 1. The van der Waals surface area contributed by atoms with Gasteiger partial charge in [-0.3, -0.25) is 14.3 Å². The molecule has 1 N–H and O–H groups in total. The molecule has 11 heteroatoms. The highest BCUT2D eigenvalue weighted by Gasteiger charge is 2.43. The lowest BCUT2D eigenvalue weighted by Gasteiger charge is -2.37. The SMILES string of the molecule is CC(C)(C)OC(=O)O[C@H]1C[C@H](n2cc(F)c(=O)[nH]c2=O)O[C@@H]1CO[Si](C)(C)C(C)(C)C. The van der Waals surface area contributed by atoms with E-state index in [0.29, 0.717) is 0 Å². The Morgan fingerprint density at radius 3 is 2.42 bits per heavy atom. The molecule has 1 aromatic heterocycles. The summed E-state index contributed by atoms with van der Waals surface area (Å²) >= 11 is 0. The van der Waals surface area contributed by atoms with E-state index in [0.717, 1.165) is 10.8 Å². The first-order chi connectivity index (χ1) is 14.0. The highest BCUT2D eigenvalue weighted by Crippen LogP contribution is 2.38. The van der Waals surface area contributed by atoms with Crippen molar-refractivity contribution in [1.29, 1.82) is 0 Å². The van der Waals surface area contributed by atoms with Crippen molar-refractivity contribution in [3.05, 3.63) is 32.9 Å². The van der Waals surface area contributed by atoms with Crippen LogP contribution in [0.2, 0.25) is 18.1 Å². The summed E-state index contributed by atoms with van der Waals surface area (Å²) < 4.78 is 37.5. The third kappa shape index (κ3) is 6.50. The van der Waals surface area contributed by atoms with Gasteiger partial charge >= 0.3 is 11.8 Å². The molecule has 1 aliphatic rings. The summed E-state index contributed by atoms with van der Waals surface area (Å²) in [5, 5.41) is -0.0501. The molecule has 176 valence electrons. The van der Waals surface area contributed by atoms with Crippen molar-refractivity contribution in [3.8, 4) is 0 Å². The van der Waals surface area contributed by atoms with Crippen LogP contribution in [-0.2, 0) is 18.6 Å². The van der Waals surface area contributed by atoms with Crippen molar-refractivity contribution < 1.29 is 27.8 Å². The summed E-state index contributed by atoms with van der Waals surface area (Å²) in [5.41, 5.74) is -2.68. The lowest BCUT2D eigenvalue weighted by atomic mass is 10.2. The minimum atomic E-state index is -2.14. The summed E-state index contributed by atoms with van der Waals surface area (Å²) in [6.45, 7) is 15.7. The molecule has 1 fully saturated rings. The van der Waals surface area contributed by atoms with Gasteiger partial charge in [0.15, 0.2) is 8.32 Å². The molecule has 31 heavy (non-hydrogen) atoms. The highest BCUT2D eigenvalue weighted by molar-refractivity contribution is 6.74. The maximum Gasteiger partial charge on any atom is 0.509 e. The number of ether oxygens (including phenoxy) is 3. The molecule has 1 saturated heterocycles. The van der Waals surface area contributed by atoms with Crippen LogP contribution < -0.4 is 11.2 Å². The molecule has 3 atom stereocenters. The fourth-order valence-electron chi connectivity index (χ4n) is 2.72. The van der Waals surface area contributed by atoms with E-state index in [9.17, 15) is 18.8 Å². The zero-order valence-electron chi connectivity index (χ0n) is 19.4. The van der Waals surface area contributed by atoms with Crippen LogP contribution >= 0.6 is 0 Å². The normalized spacial score (nSPS) is 22.4. The fourth-order valence-corrected chi connectivity index (χ4v) is 3.74. The third-order valence-electron chi connectivity index (χ3n) is 5.47. The number of carbonyl (C=O) groups excluding carboxylic acids is 1. The monoisotopic (exact) mass is 460 g/mol. The van der Waals surface area contributed by atoms with E-state index in [4.69, 9.17) is 18.6 Å². The first-order valence-corrected chi connectivity index (χ1v) is 13.1. The maximum atomic E-state index is 13.8. The molecule has 0 radical (unpaired) electrons. The number of hydrogen-bond acceptors (Lipinski definition) is 7. The molecular formula is C20H33FN2O7Si. The number of rotatable bonds is 5. The Hall–Kier alpha value is -1.98. The van der Waals surface area contributed by atoms with Gasteiger partial charge in [-0.15, -0.1) is 0 Å². The van der Waals surface area contributed by atoms with Crippen molar-refractivity contribution in [2.45, 2.75) is 90.1 Å². The maximum absolute atomic E-state index is 13.8. The van der Waals surface area contributed by atoms with E-state index in [2.05, 4.69) is 33.9 Å². The van der Waals surface area contributed by atoms with Crippen LogP contribution in [0.25, 0.3) is 0 Å². The standard InChI is InChI=1S/C20H33FN2O7Si/c1-19(2,3)30-18(26)29-13-9-15(23-10-12(21)16(24)22-17(23)25)28-14(13)11-27-31(7,8)20(4,5)6/h10,13-15H,9,11H2,1-8H3,(H,22,24,25)/t13-,14+,15+/m0/s1. The summed E-state index contributed by atoms with van der Waals surface area (Å²) in [4.78, 5) is 37.6. The molecule has 2 heterocycles. The quantitative estimate of drug-likeness (QED) is 0.530. The van der Waals surface area contributed by atoms with Gasteiger partial charge in [0.1, 0.15) is 24.0 Å². The minimum absolute atomic E-state index is 0.0501. The summed E-state index contributed by atoms with van der Waals surface area (Å²) in [7, 11) is -2.14. The van der Waals surface area contributed by atoms with Gasteiger partial charge in [-0.25, -0.2) is 9.59 Å². The van der Waals surface area contributed by atoms with Gasteiger partial charge in [-0.05, 0) is 38.9 Å². The molecule has 2 rings (SSSR count). The van der Waals surface area contributed by atoms with E-state index >= 15 is 0 Å². The third-order valence-corrected chi connectivity index (χ3v) is 9.97. The van der Waals surface area contributed by atoms with E-state index in [1.54, 1.807) is 20.8 Å². The van der Waals surface area contributed by atoms with Gasteiger partial charge in [0.25, 0.3) is 5.56 Å². The molecule has 0 aromatic carbocycles. The molecule has 0 unspecified atom stereocenters. The van der Waals surface area contributed by atoms with E-state index in [1.165, 1.54) is 0 Å². The number of nitrogens with one attached hydrogen (secondary N) is 1. The highest BCUT2D eigenvalue weighted by atomic mass is 28.4. The first-order valence-electron chi connectivity index (χ1n) is 10.2. The molecule has 0 saturated carbocycles. The van der Waals surface area contributed by atoms with Crippen LogP contribution in [0.3, 0.4) is 0 Å². The Labute approximate surface area is 182 Å². The second-order valence-electron chi connectivity index (χ2n) is 10.2. The molecule has 1 aliphatic heterocycles. The van der Waals surface area contributed by atoms with E-state index in [1.807, 2.05) is 4.98 Å². The fraction of sp³-hybridized carbons (Fsp3) is 0.750. The molecule has 0 aliphatic carbocycles. The number of carbonyl (C=O) groups is 1. The zero-order valence-corrected chi connectivity index (χ0v) is 20.4. The Morgan fingerprint density at radius 1 is 1.26 bits per heavy atom. The second kappa shape index (κ2) is 8.87. The number of hydrogen-bond donors (Lipinski definition) is 1. The van der Waals surface area contributed by atoms with Crippen LogP contribution in [0, 0.1) is 5.82 Å². The van der Waals surface area contributed by atoms with Crippen molar-refractivity contribution in [3.63, 3.8) is 0 Å². The van der Waals surface area contributed by atoms with Gasteiger partial charge in [-0.1, -0.05) is 20.8 Å². The van der Waals surface area contributed by atoms with Gasteiger partial charge in [-0.2, -0.15) is 4.39 Å². The number of nitrogens with zero attached hydrogens (tertiary/aromatic N) is 1. The van der Waals surface area contributed by atoms with Gasteiger partial charge in [0.2, 0.25) is 5.82 Å². The molecule has 0 amide bonds. The summed E-state index contributed by atoms with van der Waals surface area (Å²) in [6, 6.07) is 0. The predicted octanol–water partition coefficient (Wildman–Crippen LogP) is 3.31. The largest absolute Gasteiger partial charge is 0.509 e. The number of halogens is 1. The van der Waals surface area contributed by atoms with Crippen LogP contribution in [0.15, 0.2) is 15.8 Å². The Bertz CT molecular complexity index is 914. The van der Waals surface area contributed by atoms with E-state index < -0.39 is 55.6 Å². The minimum Gasteiger partial charge on any atom is -0.429 e. The van der Waals surface area contributed by atoms with Crippen LogP contribution in [0.1, 0.15) is 54.2 Å². The Balaban J connectivity index is 2.24. The van der Waals surface area contributed by atoms with Crippen molar-refractivity contribution in [2.24, 2.45) is 0 Å². The molecule has 9 nitrogen and oxygen atoms in total. The smallest absolute Gasteiger partial charge is 0.429 e. The summed E-state index contributed by atoms with van der Waals surface area (Å²) in [6.07, 6.45) is -2.46. The van der Waals surface area contributed by atoms with Gasteiger partial charge in [0.05, 0.1) is 12.8 Å². The first kappa shape index (κ1) is 25.3. The predicted molar refractivity (Wildman–Crippen MR) is 114 cm³/mol. The number of H-pyrrole nitrogens is 1. The topological polar surface area (TPSA) is 109 Å². The number of aromatic nitrogens is 2. The summed E-state index contributed by atoms with van der Waals surface area (Å²) in [5.74, 6) is -1.12. The molecule has 0 bridgehead atoms. The van der Waals surface area contributed by atoms with Crippen LogP contribution in [-0.4, -0.2) is 48.4 Å². The lowest BCUT2D eigenvalue weighted by Crippen LogP contribution is -2.44. The van der Waals surface area contributed by atoms with Crippen molar-refractivity contribution in [2.75, 3.05) is 6.61 Å². The van der Waals surface area contributed by atoms with Crippen molar-refractivity contribution in [1.82, 2.24) is 9.55 Å². The molecule has 0 spiro atoms. The second-order valence-corrected chi connectivity index (χ2v) is 15.0. The Kier molecular flexibility index (Phi) is 7.23.